The zero-order chi connectivity index (χ0) is 19.9. The minimum Gasteiger partial charge on any atom is -0.504 e. The summed E-state index contributed by atoms with van der Waals surface area (Å²) in [5.41, 5.74) is 0.207. The molecule has 1 N–H and O–H groups in total. The summed E-state index contributed by atoms with van der Waals surface area (Å²) < 4.78 is 4.92. The lowest BCUT2D eigenvalue weighted by Crippen LogP contribution is -2.20. The molecule has 0 aliphatic heterocycles. The van der Waals surface area contributed by atoms with Gasteiger partial charge in [0.2, 0.25) is 11.6 Å². The SMILES string of the molecule is CCCCCCCCCCCCCCCCC1=C(O)C(=O)C=C(OC)C1=O. The van der Waals surface area contributed by atoms with Crippen molar-refractivity contribution in [2.24, 2.45) is 0 Å². The van der Waals surface area contributed by atoms with Crippen molar-refractivity contribution in [3.05, 3.63) is 23.2 Å². The smallest absolute Gasteiger partial charge is 0.227 e. The van der Waals surface area contributed by atoms with Gasteiger partial charge in [0.05, 0.1) is 7.11 Å². The van der Waals surface area contributed by atoms with Gasteiger partial charge in [-0.05, 0) is 12.8 Å². The monoisotopic (exact) mass is 378 g/mol. The largest absolute Gasteiger partial charge is 0.504 e. The summed E-state index contributed by atoms with van der Waals surface area (Å²) in [6.45, 7) is 2.26. The number of rotatable bonds is 16. The molecule has 0 radical (unpaired) electrons. The predicted octanol–water partition coefficient (Wildman–Crippen LogP) is 6.35. The molecule has 0 saturated heterocycles. The average Bonchev–Trinajstić information content (AvgIpc) is 2.67. The lowest BCUT2D eigenvalue weighted by atomic mass is 9.94. The van der Waals surface area contributed by atoms with Crippen LogP contribution >= 0.6 is 0 Å². The van der Waals surface area contributed by atoms with Gasteiger partial charge in [-0.2, -0.15) is 0 Å². The Kier molecular flexibility index (Phi) is 12.6. The van der Waals surface area contributed by atoms with Crippen molar-refractivity contribution in [3.8, 4) is 0 Å². The van der Waals surface area contributed by atoms with Gasteiger partial charge in [0.25, 0.3) is 0 Å². The molecule has 0 aromatic carbocycles. The van der Waals surface area contributed by atoms with E-state index in [1.165, 1.54) is 77.7 Å². The molecule has 154 valence electrons. The van der Waals surface area contributed by atoms with E-state index in [4.69, 9.17) is 4.74 Å². The van der Waals surface area contributed by atoms with Crippen molar-refractivity contribution in [3.63, 3.8) is 0 Å². The highest BCUT2D eigenvalue weighted by molar-refractivity contribution is 6.20. The van der Waals surface area contributed by atoms with E-state index < -0.39 is 11.5 Å². The lowest BCUT2D eigenvalue weighted by molar-refractivity contribution is -0.119. The van der Waals surface area contributed by atoms with E-state index in [-0.39, 0.29) is 17.1 Å². The summed E-state index contributed by atoms with van der Waals surface area (Å²) >= 11 is 0. The molecule has 1 aliphatic rings. The number of carbonyl (C=O) groups excluding carboxylic acids is 2. The van der Waals surface area contributed by atoms with Crippen molar-refractivity contribution < 1.29 is 19.4 Å². The van der Waals surface area contributed by atoms with Gasteiger partial charge in [0, 0.05) is 11.6 Å². The van der Waals surface area contributed by atoms with E-state index in [9.17, 15) is 14.7 Å². The molecule has 0 spiro atoms. The maximum Gasteiger partial charge on any atom is 0.227 e. The lowest BCUT2D eigenvalue weighted by Gasteiger charge is -2.14. The normalized spacial score (nSPS) is 14.7. The van der Waals surface area contributed by atoms with Crippen LogP contribution in [0.25, 0.3) is 0 Å². The van der Waals surface area contributed by atoms with Crippen molar-refractivity contribution in [1.82, 2.24) is 0 Å². The van der Waals surface area contributed by atoms with Crippen molar-refractivity contribution >= 4 is 11.6 Å². The number of aliphatic hydroxyl groups excluding tert-OH is 1. The van der Waals surface area contributed by atoms with Crippen LogP contribution in [0.15, 0.2) is 23.2 Å². The van der Waals surface area contributed by atoms with Gasteiger partial charge in [0.15, 0.2) is 11.5 Å². The maximum atomic E-state index is 12.1. The molecule has 4 nitrogen and oxygen atoms in total. The summed E-state index contributed by atoms with van der Waals surface area (Å²) in [6.07, 6.45) is 19.3. The summed E-state index contributed by atoms with van der Waals surface area (Å²) in [6, 6.07) is 0. The van der Waals surface area contributed by atoms with Crippen LogP contribution in [0, 0.1) is 0 Å². The fourth-order valence-corrected chi connectivity index (χ4v) is 3.54. The summed E-state index contributed by atoms with van der Waals surface area (Å²) in [4.78, 5) is 23.8. The molecule has 27 heavy (non-hydrogen) atoms. The first kappa shape index (κ1) is 23.5. The Balaban J connectivity index is 2.01. The Morgan fingerprint density at radius 1 is 0.778 bits per heavy atom. The van der Waals surface area contributed by atoms with Gasteiger partial charge in [-0.15, -0.1) is 0 Å². The second-order valence-corrected chi connectivity index (χ2v) is 7.58. The van der Waals surface area contributed by atoms with Crippen LogP contribution in [0.5, 0.6) is 0 Å². The van der Waals surface area contributed by atoms with E-state index in [1.54, 1.807) is 0 Å². The van der Waals surface area contributed by atoms with Gasteiger partial charge >= 0.3 is 0 Å². The second-order valence-electron chi connectivity index (χ2n) is 7.58. The third kappa shape index (κ3) is 9.25. The van der Waals surface area contributed by atoms with Gasteiger partial charge in [-0.25, -0.2) is 0 Å². The van der Waals surface area contributed by atoms with Gasteiger partial charge in [-0.3, -0.25) is 9.59 Å². The van der Waals surface area contributed by atoms with Crippen LogP contribution in [0.2, 0.25) is 0 Å². The topological polar surface area (TPSA) is 63.6 Å². The van der Waals surface area contributed by atoms with Crippen molar-refractivity contribution in [2.45, 2.75) is 103 Å². The number of methoxy groups -OCH3 is 1. The van der Waals surface area contributed by atoms with Crippen LogP contribution < -0.4 is 0 Å². The first-order chi connectivity index (χ1) is 13.1. The van der Waals surface area contributed by atoms with Crippen LogP contribution in [-0.4, -0.2) is 23.8 Å². The number of hydrogen-bond donors (Lipinski definition) is 1. The van der Waals surface area contributed by atoms with Crippen molar-refractivity contribution in [2.75, 3.05) is 7.11 Å². The number of allylic oxidation sites excluding steroid dienone is 2. The molecular weight excluding hydrogens is 340 g/mol. The fraction of sp³-hybridized carbons (Fsp3) is 0.739. The Labute approximate surface area is 165 Å². The van der Waals surface area contributed by atoms with Crippen LogP contribution in [0.1, 0.15) is 103 Å². The number of ketones is 2. The molecule has 0 amide bonds. The number of carbonyl (C=O) groups is 2. The predicted molar refractivity (Wildman–Crippen MR) is 110 cm³/mol. The van der Waals surface area contributed by atoms with Crippen LogP contribution in [-0.2, 0) is 14.3 Å². The average molecular weight is 379 g/mol. The van der Waals surface area contributed by atoms with Crippen LogP contribution in [0.3, 0.4) is 0 Å². The number of aliphatic hydroxyl groups is 1. The van der Waals surface area contributed by atoms with E-state index in [1.807, 2.05) is 0 Å². The maximum absolute atomic E-state index is 12.1. The highest BCUT2D eigenvalue weighted by atomic mass is 16.5. The number of unbranched alkanes of at least 4 members (excludes halogenated alkanes) is 13. The number of hydrogen-bond acceptors (Lipinski definition) is 4. The Hall–Kier alpha value is -1.58. The Morgan fingerprint density at radius 3 is 1.67 bits per heavy atom. The number of ether oxygens (including phenoxy) is 1. The van der Waals surface area contributed by atoms with Gasteiger partial charge < -0.3 is 9.84 Å². The van der Waals surface area contributed by atoms with Gasteiger partial charge in [-0.1, -0.05) is 90.4 Å². The molecule has 1 aliphatic carbocycles. The van der Waals surface area contributed by atoms with Crippen molar-refractivity contribution in [1.29, 1.82) is 0 Å². The minimum absolute atomic E-state index is 0.0261. The summed E-state index contributed by atoms with van der Waals surface area (Å²) in [7, 11) is 1.36. The molecule has 0 heterocycles. The van der Waals surface area contributed by atoms with E-state index in [2.05, 4.69) is 6.92 Å². The molecule has 0 fully saturated rings. The molecule has 0 aromatic rings. The first-order valence-corrected chi connectivity index (χ1v) is 10.9. The molecule has 0 saturated carbocycles. The molecule has 0 bridgehead atoms. The van der Waals surface area contributed by atoms with E-state index in [0.717, 1.165) is 25.3 Å². The van der Waals surface area contributed by atoms with Gasteiger partial charge in [0.1, 0.15) is 0 Å². The summed E-state index contributed by atoms with van der Waals surface area (Å²) in [5.74, 6) is -1.27. The molecule has 0 atom stereocenters. The zero-order valence-electron chi connectivity index (χ0n) is 17.4. The highest BCUT2D eigenvalue weighted by Crippen LogP contribution is 2.23. The van der Waals surface area contributed by atoms with E-state index >= 15 is 0 Å². The minimum atomic E-state index is -0.535. The first-order valence-electron chi connectivity index (χ1n) is 10.9. The zero-order valence-corrected chi connectivity index (χ0v) is 17.4. The van der Waals surface area contributed by atoms with Crippen LogP contribution in [0.4, 0.5) is 0 Å². The molecule has 0 unspecified atom stereocenters. The third-order valence-corrected chi connectivity index (χ3v) is 5.28. The molecule has 1 rings (SSSR count). The third-order valence-electron chi connectivity index (χ3n) is 5.28. The second kappa shape index (κ2) is 14.5. The quantitative estimate of drug-likeness (QED) is 0.251. The highest BCUT2D eigenvalue weighted by Gasteiger charge is 2.28. The molecular formula is C23H38O4. The Bertz CT molecular complexity index is 516. The standard InChI is InChI=1S/C23H38O4/c1-3-4-5-6-7-8-9-10-11-12-13-14-15-16-17-19-22(25)20(24)18-21(27-2)23(19)26/h18,25H,3-17H2,1-2H3. The fourth-order valence-electron chi connectivity index (χ4n) is 3.54. The summed E-state index contributed by atoms with van der Waals surface area (Å²) in [5, 5.41) is 9.83. The molecule has 0 aromatic heterocycles. The number of Topliss-reactive ketones (excluding diaryl/α,β-unsaturated/α-hetero) is 1. The Morgan fingerprint density at radius 2 is 1.22 bits per heavy atom. The van der Waals surface area contributed by atoms with E-state index in [0.29, 0.717) is 6.42 Å². The molecule has 4 heteroatoms.